The summed E-state index contributed by atoms with van der Waals surface area (Å²) in [6.45, 7) is 1.91. The molecular formula is C14H13F3N2. The predicted octanol–water partition coefficient (Wildman–Crippen LogP) is 3.11. The Balaban J connectivity index is 2.50. The zero-order valence-electron chi connectivity index (χ0n) is 10.3. The smallest absolute Gasteiger partial charge is 0.194 e. The van der Waals surface area contributed by atoms with Crippen molar-refractivity contribution in [2.45, 2.75) is 19.4 Å². The zero-order valence-corrected chi connectivity index (χ0v) is 10.3. The van der Waals surface area contributed by atoms with Gasteiger partial charge < -0.3 is 5.73 Å². The Morgan fingerprint density at radius 3 is 2.58 bits per heavy atom. The molecular weight excluding hydrogens is 253 g/mol. The van der Waals surface area contributed by atoms with Crippen LogP contribution in [-0.2, 0) is 6.42 Å². The molecule has 0 radical (unpaired) electrons. The average molecular weight is 266 g/mol. The third kappa shape index (κ3) is 2.46. The maximum Gasteiger partial charge on any atom is 0.194 e. The molecule has 1 atom stereocenters. The van der Waals surface area contributed by atoms with Gasteiger partial charge in [-0.15, -0.1) is 0 Å². The van der Waals surface area contributed by atoms with Gasteiger partial charge in [0.25, 0.3) is 0 Å². The SMILES string of the molecule is CCc1cccnc1C(N)c1ccc(F)c(F)c1F. The van der Waals surface area contributed by atoms with E-state index in [9.17, 15) is 13.2 Å². The first-order valence-electron chi connectivity index (χ1n) is 5.89. The molecule has 2 aromatic rings. The van der Waals surface area contributed by atoms with Crippen LogP contribution in [0.1, 0.15) is 29.8 Å². The molecule has 2 N–H and O–H groups in total. The van der Waals surface area contributed by atoms with Crippen LogP contribution in [0.5, 0.6) is 0 Å². The molecule has 0 saturated heterocycles. The minimum Gasteiger partial charge on any atom is -0.319 e. The Morgan fingerprint density at radius 2 is 1.89 bits per heavy atom. The first-order chi connectivity index (χ1) is 9.06. The van der Waals surface area contributed by atoms with Crippen molar-refractivity contribution in [1.29, 1.82) is 0 Å². The number of pyridine rings is 1. The van der Waals surface area contributed by atoms with E-state index in [2.05, 4.69) is 4.98 Å². The topological polar surface area (TPSA) is 38.9 Å². The molecule has 2 rings (SSSR count). The van der Waals surface area contributed by atoms with Crippen LogP contribution in [0.25, 0.3) is 0 Å². The van der Waals surface area contributed by atoms with Crippen molar-refractivity contribution in [2.75, 3.05) is 0 Å². The first kappa shape index (κ1) is 13.5. The molecule has 1 heterocycles. The molecule has 5 heteroatoms. The lowest BCUT2D eigenvalue weighted by molar-refractivity contribution is 0.438. The van der Waals surface area contributed by atoms with Gasteiger partial charge in [-0.05, 0) is 24.1 Å². The van der Waals surface area contributed by atoms with Gasteiger partial charge in [0.2, 0.25) is 0 Å². The van der Waals surface area contributed by atoms with E-state index in [-0.39, 0.29) is 5.56 Å². The second-order valence-corrected chi connectivity index (χ2v) is 4.14. The van der Waals surface area contributed by atoms with E-state index in [1.54, 1.807) is 6.07 Å². The van der Waals surface area contributed by atoms with Gasteiger partial charge in [0.1, 0.15) is 0 Å². The molecule has 0 amide bonds. The number of hydrogen-bond acceptors (Lipinski definition) is 2. The quantitative estimate of drug-likeness (QED) is 0.867. The van der Waals surface area contributed by atoms with Gasteiger partial charge in [-0.3, -0.25) is 4.98 Å². The van der Waals surface area contributed by atoms with Gasteiger partial charge in [0.15, 0.2) is 17.5 Å². The highest BCUT2D eigenvalue weighted by Gasteiger charge is 2.21. The Hall–Kier alpha value is -1.88. The molecule has 100 valence electrons. The second kappa shape index (κ2) is 5.40. The molecule has 0 aliphatic rings. The van der Waals surface area contributed by atoms with E-state index >= 15 is 0 Å². The summed E-state index contributed by atoms with van der Waals surface area (Å²) < 4.78 is 39.8. The van der Waals surface area contributed by atoms with Gasteiger partial charge in [0, 0.05) is 11.8 Å². The fraction of sp³-hybridized carbons (Fsp3) is 0.214. The molecule has 1 aromatic carbocycles. The highest BCUT2D eigenvalue weighted by Crippen LogP contribution is 2.25. The van der Waals surface area contributed by atoms with Gasteiger partial charge >= 0.3 is 0 Å². The van der Waals surface area contributed by atoms with Crippen molar-refractivity contribution in [2.24, 2.45) is 5.73 Å². The summed E-state index contributed by atoms with van der Waals surface area (Å²) >= 11 is 0. The van der Waals surface area contributed by atoms with E-state index in [0.29, 0.717) is 12.1 Å². The molecule has 1 unspecified atom stereocenters. The minimum atomic E-state index is -1.51. The Labute approximate surface area is 109 Å². The molecule has 1 aromatic heterocycles. The van der Waals surface area contributed by atoms with Crippen LogP contribution in [0, 0.1) is 17.5 Å². The van der Waals surface area contributed by atoms with E-state index < -0.39 is 23.5 Å². The fourth-order valence-electron chi connectivity index (χ4n) is 1.96. The Kier molecular flexibility index (Phi) is 3.85. The van der Waals surface area contributed by atoms with Gasteiger partial charge in [-0.25, -0.2) is 13.2 Å². The lowest BCUT2D eigenvalue weighted by atomic mass is 9.98. The average Bonchev–Trinajstić information content (AvgIpc) is 2.44. The number of hydrogen-bond donors (Lipinski definition) is 1. The molecule has 0 bridgehead atoms. The van der Waals surface area contributed by atoms with Crippen LogP contribution >= 0.6 is 0 Å². The van der Waals surface area contributed by atoms with Gasteiger partial charge in [-0.2, -0.15) is 0 Å². The molecule has 0 aliphatic carbocycles. The van der Waals surface area contributed by atoms with E-state index in [1.165, 1.54) is 6.20 Å². The number of aromatic nitrogens is 1. The lowest BCUT2D eigenvalue weighted by Crippen LogP contribution is -2.18. The molecule has 0 saturated carbocycles. The van der Waals surface area contributed by atoms with Crippen LogP contribution in [0.3, 0.4) is 0 Å². The number of aryl methyl sites for hydroxylation is 1. The summed E-state index contributed by atoms with van der Waals surface area (Å²) in [5, 5.41) is 0. The van der Waals surface area contributed by atoms with Crippen LogP contribution in [-0.4, -0.2) is 4.98 Å². The number of benzene rings is 1. The van der Waals surface area contributed by atoms with Crippen LogP contribution in [0.2, 0.25) is 0 Å². The van der Waals surface area contributed by atoms with Crippen molar-refractivity contribution in [3.8, 4) is 0 Å². The van der Waals surface area contributed by atoms with Crippen molar-refractivity contribution in [1.82, 2.24) is 4.98 Å². The Bertz CT molecular complexity index is 599. The van der Waals surface area contributed by atoms with Gasteiger partial charge in [0.05, 0.1) is 11.7 Å². The van der Waals surface area contributed by atoms with Crippen molar-refractivity contribution >= 4 is 0 Å². The normalized spacial score (nSPS) is 12.5. The first-order valence-corrected chi connectivity index (χ1v) is 5.89. The highest BCUT2D eigenvalue weighted by atomic mass is 19.2. The van der Waals surface area contributed by atoms with Crippen LogP contribution < -0.4 is 5.73 Å². The summed E-state index contributed by atoms with van der Waals surface area (Å²) in [4.78, 5) is 4.11. The number of halogens is 3. The summed E-state index contributed by atoms with van der Waals surface area (Å²) in [5.41, 5.74) is 7.13. The molecule has 2 nitrogen and oxygen atoms in total. The lowest BCUT2D eigenvalue weighted by Gasteiger charge is -2.16. The third-order valence-electron chi connectivity index (χ3n) is 3.00. The summed E-state index contributed by atoms with van der Waals surface area (Å²) in [5.74, 6) is -4.01. The number of nitrogens with two attached hydrogens (primary N) is 1. The standard InChI is InChI=1S/C14H13F3N2/c1-2-8-4-3-7-19-14(8)13(18)9-5-6-10(15)12(17)11(9)16/h3-7,13H,2,18H2,1H3. The summed E-state index contributed by atoms with van der Waals surface area (Å²) in [6, 6.07) is 4.65. The maximum absolute atomic E-state index is 13.7. The molecule has 0 spiro atoms. The highest BCUT2D eigenvalue weighted by molar-refractivity contribution is 5.33. The largest absolute Gasteiger partial charge is 0.319 e. The summed E-state index contributed by atoms with van der Waals surface area (Å²) in [7, 11) is 0. The van der Waals surface area contributed by atoms with Crippen LogP contribution in [0.4, 0.5) is 13.2 Å². The van der Waals surface area contributed by atoms with E-state index in [1.807, 2.05) is 13.0 Å². The Morgan fingerprint density at radius 1 is 1.16 bits per heavy atom. The monoisotopic (exact) mass is 266 g/mol. The van der Waals surface area contributed by atoms with E-state index in [4.69, 9.17) is 5.73 Å². The van der Waals surface area contributed by atoms with Crippen molar-refractivity contribution in [3.05, 3.63) is 64.7 Å². The fourth-order valence-corrected chi connectivity index (χ4v) is 1.96. The third-order valence-corrected chi connectivity index (χ3v) is 3.00. The predicted molar refractivity (Wildman–Crippen MR) is 66.0 cm³/mol. The zero-order chi connectivity index (χ0) is 14.0. The van der Waals surface area contributed by atoms with Crippen molar-refractivity contribution < 1.29 is 13.2 Å². The van der Waals surface area contributed by atoms with Crippen LogP contribution in [0.15, 0.2) is 30.5 Å². The second-order valence-electron chi connectivity index (χ2n) is 4.14. The molecule has 0 aliphatic heterocycles. The number of nitrogens with zero attached hydrogens (tertiary/aromatic N) is 1. The summed E-state index contributed by atoms with van der Waals surface area (Å²) in [6.07, 6.45) is 2.20. The minimum absolute atomic E-state index is 0.104. The van der Waals surface area contributed by atoms with Gasteiger partial charge in [-0.1, -0.05) is 19.1 Å². The van der Waals surface area contributed by atoms with Crippen molar-refractivity contribution in [3.63, 3.8) is 0 Å². The molecule has 19 heavy (non-hydrogen) atoms. The maximum atomic E-state index is 13.7. The van der Waals surface area contributed by atoms with E-state index in [0.717, 1.165) is 17.7 Å². The molecule has 0 fully saturated rings. The number of rotatable bonds is 3.